The zero-order chi connectivity index (χ0) is 21.0. The second-order valence-corrected chi connectivity index (χ2v) is 6.59. The van der Waals surface area contributed by atoms with E-state index in [9.17, 15) is 9.59 Å². The third-order valence-electron chi connectivity index (χ3n) is 4.59. The number of carbonyl (C=O) groups excluding carboxylic acids is 1. The number of aromatic nitrogens is 2. The molecule has 3 aromatic rings. The van der Waals surface area contributed by atoms with E-state index in [1.54, 1.807) is 24.3 Å². The van der Waals surface area contributed by atoms with Crippen molar-refractivity contribution in [3.8, 4) is 11.5 Å². The van der Waals surface area contributed by atoms with Gasteiger partial charge in [0.05, 0.1) is 24.6 Å². The Bertz CT molecular complexity index is 1090. The molecule has 0 saturated carbocycles. The fraction of sp³-hybridized carbons (Fsp3) is 0.318. The number of benzene rings is 2. The van der Waals surface area contributed by atoms with E-state index in [4.69, 9.17) is 9.47 Å². The Morgan fingerprint density at radius 1 is 1.07 bits per heavy atom. The molecule has 7 heteroatoms. The molecule has 0 bridgehead atoms. The summed E-state index contributed by atoms with van der Waals surface area (Å²) in [7, 11) is 1.54. The van der Waals surface area contributed by atoms with Crippen molar-refractivity contribution in [3.05, 3.63) is 64.1 Å². The van der Waals surface area contributed by atoms with Crippen LogP contribution in [0.2, 0.25) is 0 Å². The molecule has 0 fully saturated rings. The topological polar surface area (TPSA) is 82.5 Å². The number of aryl methyl sites for hydroxylation is 1. The lowest BCUT2D eigenvalue weighted by Gasteiger charge is -2.18. The largest absolute Gasteiger partial charge is 0.490 e. The Labute approximate surface area is 169 Å². The van der Waals surface area contributed by atoms with Crippen LogP contribution in [0, 0.1) is 0 Å². The maximum Gasteiger partial charge on any atom is 0.274 e. The average molecular weight is 395 g/mol. The second-order valence-electron chi connectivity index (χ2n) is 6.59. The second kappa shape index (κ2) is 8.77. The fourth-order valence-electron chi connectivity index (χ4n) is 3.15. The van der Waals surface area contributed by atoms with Gasteiger partial charge < -0.3 is 14.8 Å². The van der Waals surface area contributed by atoms with Crippen LogP contribution in [-0.4, -0.2) is 28.9 Å². The maximum absolute atomic E-state index is 12.9. The summed E-state index contributed by atoms with van der Waals surface area (Å²) in [6.45, 7) is 6.75. The zero-order valence-electron chi connectivity index (χ0n) is 17.1. The molecule has 0 aliphatic rings. The van der Waals surface area contributed by atoms with Crippen molar-refractivity contribution < 1.29 is 14.3 Å². The van der Waals surface area contributed by atoms with Crippen LogP contribution in [0.3, 0.4) is 0 Å². The van der Waals surface area contributed by atoms with Crippen molar-refractivity contribution in [3.63, 3.8) is 0 Å². The van der Waals surface area contributed by atoms with E-state index in [1.807, 2.05) is 39.0 Å². The van der Waals surface area contributed by atoms with Gasteiger partial charge >= 0.3 is 0 Å². The van der Waals surface area contributed by atoms with E-state index in [-0.39, 0.29) is 23.2 Å². The Morgan fingerprint density at radius 3 is 2.41 bits per heavy atom. The highest BCUT2D eigenvalue weighted by atomic mass is 16.5. The maximum atomic E-state index is 12.9. The first-order valence-corrected chi connectivity index (χ1v) is 9.62. The highest BCUT2D eigenvalue weighted by Gasteiger charge is 2.19. The molecule has 0 unspecified atom stereocenters. The summed E-state index contributed by atoms with van der Waals surface area (Å²) in [5.41, 5.74) is 0.850. The van der Waals surface area contributed by atoms with E-state index >= 15 is 0 Å². The highest BCUT2D eigenvalue weighted by Crippen LogP contribution is 2.31. The predicted octanol–water partition coefficient (Wildman–Crippen LogP) is 3.22. The van der Waals surface area contributed by atoms with Gasteiger partial charge in [-0.3, -0.25) is 9.59 Å². The molecule has 0 aliphatic heterocycles. The Balaban J connectivity index is 1.90. The minimum absolute atomic E-state index is 0.213. The molecule has 1 aromatic heterocycles. The van der Waals surface area contributed by atoms with E-state index in [2.05, 4.69) is 10.4 Å². The summed E-state index contributed by atoms with van der Waals surface area (Å²) >= 11 is 0. The lowest BCUT2D eigenvalue weighted by atomic mass is 10.1. The summed E-state index contributed by atoms with van der Waals surface area (Å²) < 4.78 is 12.4. The van der Waals surface area contributed by atoms with Gasteiger partial charge in [0.1, 0.15) is 0 Å². The highest BCUT2D eigenvalue weighted by molar-refractivity contribution is 6.04. The molecule has 152 valence electrons. The summed E-state index contributed by atoms with van der Waals surface area (Å²) in [6.07, 6.45) is 0. The van der Waals surface area contributed by atoms with Crippen LogP contribution in [-0.2, 0) is 7.05 Å². The summed E-state index contributed by atoms with van der Waals surface area (Å²) in [6, 6.07) is 12.3. The number of carbonyl (C=O) groups is 1. The van der Waals surface area contributed by atoms with Gasteiger partial charge in [0, 0.05) is 12.4 Å². The van der Waals surface area contributed by atoms with Crippen LogP contribution < -0.4 is 20.3 Å². The lowest BCUT2D eigenvalue weighted by molar-refractivity contribution is 0.0934. The number of hydrogen-bond donors (Lipinski definition) is 1. The van der Waals surface area contributed by atoms with Gasteiger partial charge in [-0.1, -0.05) is 24.3 Å². The predicted molar refractivity (Wildman–Crippen MR) is 112 cm³/mol. The first-order valence-electron chi connectivity index (χ1n) is 9.62. The minimum Gasteiger partial charge on any atom is -0.490 e. The van der Waals surface area contributed by atoms with E-state index in [0.29, 0.717) is 35.5 Å². The quantitative estimate of drug-likeness (QED) is 0.664. The molecule has 29 heavy (non-hydrogen) atoms. The van der Waals surface area contributed by atoms with Gasteiger partial charge in [0.2, 0.25) is 0 Å². The lowest BCUT2D eigenvalue weighted by Crippen LogP contribution is -2.31. The molecule has 1 amide bonds. The number of nitrogens with zero attached hydrogens (tertiary/aromatic N) is 2. The molecule has 0 aliphatic carbocycles. The van der Waals surface area contributed by atoms with Gasteiger partial charge in [0.25, 0.3) is 11.5 Å². The minimum atomic E-state index is -0.351. The summed E-state index contributed by atoms with van der Waals surface area (Å²) in [5, 5.41) is 8.13. The van der Waals surface area contributed by atoms with Gasteiger partial charge in [0.15, 0.2) is 17.2 Å². The van der Waals surface area contributed by atoms with Gasteiger partial charge in [-0.25, -0.2) is 4.68 Å². The number of rotatable bonds is 7. The van der Waals surface area contributed by atoms with Crippen molar-refractivity contribution in [1.29, 1.82) is 0 Å². The Morgan fingerprint density at radius 2 is 1.72 bits per heavy atom. The molecule has 0 radical (unpaired) electrons. The summed E-state index contributed by atoms with van der Waals surface area (Å²) in [4.78, 5) is 25.2. The number of fused-ring (bicyclic) bond motifs is 1. The van der Waals surface area contributed by atoms with Gasteiger partial charge in [-0.15, -0.1) is 0 Å². The average Bonchev–Trinajstić information content (AvgIpc) is 2.72. The molecule has 0 spiro atoms. The van der Waals surface area contributed by atoms with Crippen molar-refractivity contribution in [2.45, 2.75) is 26.8 Å². The molecule has 7 nitrogen and oxygen atoms in total. The normalized spacial score (nSPS) is 11.9. The monoisotopic (exact) mass is 395 g/mol. The van der Waals surface area contributed by atoms with Crippen LogP contribution in [0.4, 0.5) is 0 Å². The molecule has 2 aromatic carbocycles. The van der Waals surface area contributed by atoms with Crippen molar-refractivity contribution in [1.82, 2.24) is 15.1 Å². The number of amides is 1. The standard InChI is InChI=1S/C22H25N3O4/c1-5-28-18-12-11-15(13-19(18)29-6-2)14(3)23-21(26)20-16-9-7-8-10-17(16)22(27)25(4)24-20/h7-14H,5-6H2,1-4H3,(H,23,26)/t14-/m1/s1. The molecular weight excluding hydrogens is 370 g/mol. The number of hydrogen-bond acceptors (Lipinski definition) is 5. The van der Waals surface area contributed by atoms with Gasteiger partial charge in [-0.05, 0) is 44.5 Å². The smallest absolute Gasteiger partial charge is 0.274 e. The SMILES string of the molecule is CCOc1ccc([C@@H](C)NC(=O)c2nn(C)c(=O)c3ccccc23)cc1OCC. The third-order valence-corrected chi connectivity index (χ3v) is 4.59. The van der Waals surface area contributed by atoms with Crippen LogP contribution in [0.25, 0.3) is 10.8 Å². The van der Waals surface area contributed by atoms with E-state index < -0.39 is 0 Å². The zero-order valence-corrected chi connectivity index (χ0v) is 17.1. The van der Waals surface area contributed by atoms with E-state index in [1.165, 1.54) is 11.7 Å². The third kappa shape index (κ3) is 4.23. The fourth-order valence-corrected chi connectivity index (χ4v) is 3.15. The number of ether oxygens (including phenoxy) is 2. The first kappa shape index (κ1) is 20.4. The molecule has 3 rings (SSSR count). The van der Waals surface area contributed by atoms with Crippen LogP contribution in [0.5, 0.6) is 11.5 Å². The van der Waals surface area contributed by atoms with E-state index in [0.717, 1.165) is 5.56 Å². The Kier molecular flexibility index (Phi) is 6.16. The van der Waals surface area contributed by atoms with Crippen molar-refractivity contribution >= 4 is 16.7 Å². The summed E-state index contributed by atoms with van der Waals surface area (Å²) in [5.74, 6) is 0.956. The number of nitrogens with one attached hydrogen (secondary N) is 1. The molecule has 1 atom stereocenters. The van der Waals surface area contributed by atoms with Gasteiger partial charge in [-0.2, -0.15) is 5.10 Å². The van der Waals surface area contributed by atoms with Crippen LogP contribution >= 0.6 is 0 Å². The Hall–Kier alpha value is -3.35. The van der Waals surface area contributed by atoms with Crippen LogP contribution in [0.15, 0.2) is 47.3 Å². The van der Waals surface area contributed by atoms with Crippen molar-refractivity contribution in [2.24, 2.45) is 7.05 Å². The molecule has 0 saturated heterocycles. The van der Waals surface area contributed by atoms with Crippen molar-refractivity contribution in [2.75, 3.05) is 13.2 Å². The van der Waals surface area contributed by atoms with Crippen LogP contribution in [0.1, 0.15) is 42.9 Å². The first-order chi connectivity index (χ1) is 14.0. The molecule has 1 heterocycles. The molecule has 1 N–H and O–H groups in total. The molecular formula is C22H25N3O4.